The van der Waals surface area contributed by atoms with Crippen LogP contribution in [0.25, 0.3) is 82.0 Å². The fraction of sp³-hybridized carbons (Fsp3) is 0.120. The van der Waals surface area contributed by atoms with Crippen molar-refractivity contribution in [2.45, 2.75) is 83.1 Å². The van der Waals surface area contributed by atoms with Crippen molar-refractivity contribution in [3.63, 3.8) is 0 Å². The molecule has 0 atom stereocenters. The standard InChI is InChI=1S/C65H58N2O.C60H56N2O2/c1-7-68-63-40-22-54(23-41-63)17-16-53-20-34-60(35-21-53)67(65-43-11-48(4)45-50(65)6)62-38-30-58(31-39-62)56-26-24-55(25-27-56)57-28-36-61(37-29-57)66(64-42-10-47(3)44-49(64)5)59-32-18-52(19-33-59)15-14-51-12-8-46(2)9-13-51;1-41-9-34-57(45(5)37-41)61(53-26-17-47(18-27-53)13-15-49-12-11-43(3)44(4)39-49)55-30-22-51(23-31-55)52-24-32-56(33-25-52)62(58-35-10-42(2)38-46(58)6)54-28-19-48(20-29-54)14-16-50-21-36-59(63-7)60(40-50)64-8/h8-45H,7H2,1-6H3;9-40H,1-8H3/b15-14+,17-16+;15-13+,16-14+. The normalized spacial score (nSPS) is 11.3. The lowest BCUT2D eigenvalue weighted by molar-refractivity contribution is 0.340. The van der Waals surface area contributed by atoms with Crippen LogP contribution in [0.4, 0.5) is 68.2 Å². The molecule has 17 aromatic rings. The lowest BCUT2D eigenvalue weighted by Gasteiger charge is -2.28. The Balaban J connectivity index is 0.000000193. The van der Waals surface area contributed by atoms with Crippen molar-refractivity contribution in [3.8, 4) is 50.6 Å². The first-order valence-corrected chi connectivity index (χ1v) is 45.5. The molecule has 0 radical (unpaired) electrons. The third-order valence-corrected chi connectivity index (χ3v) is 24.4. The molecule has 0 unspecified atom stereocenters. The molecular formula is C125H114N4O3. The molecule has 652 valence electrons. The predicted molar refractivity (Wildman–Crippen MR) is 566 cm³/mol. The van der Waals surface area contributed by atoms with Gasteiger partial charge < -0.3 is 33.8 Å². The van der Waals surface area contributed by atoms with E-state index in [1.807, 2.05) is 37.3 Å². The molecule has 0 aliphatic rings. The van der Waals surface area contributed by atoms with E-state index in [0.717, 1.165) is 113 Å². The van der Waals surface area contributed by atoms with Crippen LogP contribution in [0.15, 0.2) is 376 Å². The van der Waals surface area contributed by atoms with Gasteiger partial charge in [0.05, 0.1) is 20.8 Å². The smallest absolute Gasteiger partial charge is 0.161 e. The first-order chi connectivity index (χ1) is 64.2. The van der Waals surface area contributed by atoms with Crippen molar-refractivity contribution in [1.29, 1.82) is 0 Å². The maximum atomic E-state index is 5.61. The van der Waals surface area contributed by atoms with Gasteiger partial charge in [-0.05, 0) is 340 Å². The maximum Gasteiger partial charge on any atom is 0.161 e. The van der Waals surface area contributed by atoms with E-state index in [9.17, 15) is 0 Å². The molecule has 0 bridgehead atoms. The van der Waals surface area contributed by atoms with E-state index in [0.29, 0.717) is 18.1 Å². The van der Waals surface area contributed by atoms with Crippen molar-refractivity contribution in [2.75, 3.05) is 40.4 Å². The number of nitrogens with zero attached hydrogens (tertiary/aromatic N) is 4. The summed E-state index contributed by atoms with van der Waals surface area (Å²) >= 11 is 0. The van der Waals surface area contributed by atoms with Gasteiger partial charge >= 0.3 is 0 Å². The minimum Gasteiger partial charge on any atom is -0.494 e. The maximum absolute atomic E-state index is 5.61. The fourth-order valence-electron chi connectivity index (χ4n) is 17.1. The summed E-state index contributed by atoms with van der Waals surface area (Å²) in [5.41, 5.74) is 43.4. The second-order valence-electron chi connectivity index (χ2n) is 34.3. The molecule has 0 fully saturated rings. The SMILES string of the molecule is CCOc1ccc(/C=C/c2ccc(N(c3ccc(-c4ccc(-c5ccc(N(c6ccc(/C=C/c7ccc(C)cc7)cc6)c6ccc(C)cc6C)cc5)cc4)cc3)c3ccc(C)cc3C)cc2)cc1.COc1ccc(/C=C/c2ccc(N(c3ccc(-c4ccc(N(c5ccc(/C=C/c6ccc(C)c(C)c6)cc5)c5ccc(C)cc5C)cc4)cc3)c3ccc(C)cc3C)cc2)cc1OC. The van der Waals surface area contributed by atoms with Gasteiger partial charge in [-0.15, -0.1) is 0 Å². The fourth-order valence-corrected chi connectivity index (χ4v) is 17.1. The second-order valence-corrected chi connectivity index (χ2v) is 34.3. The van der Waals surface area contributed by atoms with Crippen molar-refractivity contribution in [2.24, 2.45) is 0 Å². The topological polar surface area (TPSA) is 40.7 Å². The quantitative estimate of drug-likeness (QED) is 0.0475. The van der Waals surface area contributed by atoms with Gasteiger partial charge in [0.15, 0.2) is 11.5 Å². The van der Waals surface area contributed by atoms with Crippen LogP contribution in [0.3, 0.4) is 0 Å². The van der Waals surface area contributed by atoms with E-state index in [1.165, 1.54) is 100 Å². The van der Waals surface area contributed by atoms with Crippen molar-refractivity contribution < 1.29 is 14.2 Å². The number of hydrogen-bond donors (Lipinski definition) is 0. The van der Waals surface area contributed by atoms with E-state index in [2.05, 4.69) is 490 Å². The zero-order valence-electron chi connectivity index (χ0n) is 78.1. The molecule has 0 aliphatic heterocycles. The third kappa shape index (κ3) is 21.8. The Morgan fingerprint density at radius 2 is 0.409 bits per heavy atom. The van der Waals surface area contributed by atoms with Gasteiger partial charge in [0, 0.05) is 68.2 Å². The molecular weight excluding hydrogens is 1610 g/mol. The highest BCUT2D eigenvalue weighted by Gasteiger charge is 2.22. The van der Waals surface area contributed by atoms with Crippen LogP contribution < -0.4 is 33.8 Å². The molecule has 17 rings (SSSR count). The highest BCUT2D eigenvalue weighted by atomic mass is 16.5. The first-order valence-electron chi connectivity index (χ1n) is 45.5. The summed E-state index contributed by atoms with van der Waals surface area (Å²) in [5.74, 6) is 2.32. The zero-order valence-corrected chi connectivity index (χ0v) is 78.1. The summed E-state index contributed by atoms with van der Waals surface area (Å²) in [6, 6.07) is 136. The Hall–Kier alpha value is -15.7. The van der Waals surface area contributed by atoms with Gasteiger partial charge in [-0.1, -0.05) is 307 Å². The van der Waals surface area contributed by atoms with Crippen LogP contribution >= 0.6 is 0 Å². The van der Waals surface area contributed by atoms with Crippen LogP contribution in [0, 0.1) is 76.2 Å². The molecule has 0 aliphatic carbocycles. The summed E-state index contributed by atoms with van der Waals surface area (Å²) in [6.45, 7) is 26.5. The summed E-state index contributed by atoms with van der Waals surface area (Å²) in [7, 11) is 3.31. The second kappa shape index (κ2) is 41.6. The largest absolute Gasteiger partial charge is 0.494 e. The molecule has 17 aromatic carbocycles. The predicted octanol–water partition coefficient (Wildman–Crippen LogP) is 34.7. The zero-order chi connectivity index (χ0) is 91.7. The summed E-state index contributed by atoms with van der Waals surface area (Å²) in [5, 5.41) is 0. The van der Waals surface area contributed by atoms with E-state index in [-0.39, 0.29) is 0 Å². The summed E-state index contributed by atoms with van der Waals surface area (Å²) in [4.78, 5) is 9.42. The van der Waals surface area contributed by atoms with Gasteiger partial charge in [0.25, 0.3) is 0 Å². The van der Waals surface area contributed by atoms with Crippen LogP contribution in [0.1, 0.15) is 113 Å². The molecule has 0 N–H and O–H groups in total. The number of hydrogen-bond acceptors (Lipinski definition) is 7. The Labute approximate surface area is 781 Å². The monoisotopic (exact) mass is 1720 g/mol. The average Bonchev–Trinajstić information content (AvgIpc) is 0.798. The van der Waals surface area contributed by atoms with Gasteiger partial charge in [0.1, 0.15) is 5.75 Å². The summed E-state index contributed by atoms with van der Waals surface area (Å²) in [6.07, 6.45) is 17.2. The highest BCUT2D eigenvalue weighted by Crippen LogP contribution is 2.45. The van der Waals surface area contributed by atoms with E-state index in [1.54, 1.807) is 14.2 Å². The lowest BCUT2D eigenvalue weighted by atomic mass is 9.99. The minimum atomic E-state index is 0.664. The number of methoxy groups -OCH3 is 2. The van der Waals surface area contributed by atoms with Crippen molar-refractivity contribution in [3.05, 3.63) is 482 Å². The highest BCUT2D eigenvalue weighted by molar-refractivity contribution is 5.88. The van der Waals surface area contributed by atoms with Gasteiger partial charge in [-0.25, -0.2) is 0 Å². The Kier molecular flexibility index (Phi) is 28.3. The number of benzene rings is 17. The van der Waals surface area contributed by atoms with Gasteiger partial charge in [0.2, 0.25) is 0 Å². The Morgan fingerprint density at radius 1 is 0.189 bits per heavy atom. The first kappa shape index (κ1) is 89.7. The van der Waals surface area contributed by atoms with Crippen molar-refractivity contribution >= 4 is 117 Å². The molecule has 0 saturated carbocycles. The Bertz CT molecular complexity index is 6950. The molecule has 132 heavy (non-hydrogen) atoms. The molecule has 0 amide bonds. The van der Waals surface area contributed by atoms with Crippen LogP contribution in [-0.2, 0) is 0 Å². The van der Waals surface area contributed by atoms with Crippen LogP contribution in [0.5, 0.6) is 17.2 Å². The van der Waals surface area contributed by atoms with E-state index < -0.39 is 0 Å². The van der Waals surface area contributed by atoms with Gasteiger partial charge in [-0.2, -0.15) is 0 Å². The molecule has 0 spiro atoms. The molecule has 0 saturated heterocycles. The van der Waals surface area contributed by atoms with Crippen LogP contribution in [-0.4, -0.2) is 20.8 Å². The molecule has 0 aromatic heterocycles. The number of anilines is 12. The van der Waals surface area contributed by atoms with E-state index >= 15 is 0 Å². The van der Waals surface area contributed by atoms with Crippen molar-refractivity contribution in [1.82, 2.24) is 0 Å². The summed E-state index contributed by atoms with van der Waals surface area (Å²) < 4.78 is 16.5. The molecule has 7 heteroatoms. The number of ether oxygens (including phenoxy) is 3. The lowest BCUT2D eigenvalue weighted by Crippen LogP contribution is -2.11. The van der Waals surface area contributed by atoms with Gasteiger partial charge in [-0.3, -0.25) is 0 Å². The number of aryl methyl sites for hydroxylation is 11. The third-order valence-electron chi connectivity index (χ3n) is 24.4. The number of rotatable bonds is 27. The Morgan fingerprint density at radius 3 is 0.667 bits per heavy atom. The molecule has 7 nitrogen and oxygen atoms in total. The minimum absolute atomic E-state index is 0.664. The average molecular weight is 1720 g/mol. The van der Waals surface area contributed by atoms with E-state index in [4.69, 9.17) is 14.2 Å². The molecule has 0 heterocycles. The van der Waals surface area contributed by atoms with Crippen LogP contribution in [0.2, 0.25) is 0 Å².